The van der Waals surface area contributed by atoms with Crippen LogP contribution in [-0.2, 0) is 4.57 Å². The number of rotatable bonds is 2. The number of hydrogen-bond donors (Lipinski definition) is 4. The van der Waals surface area contributed by atoms with Gasteiger partial charge in [-0.25, -0.2) is 0 Å². The molecule has 0 aromatic rings. The third kappa shape index (κ3) is 2.93. The maximum absolute atomic E-state index is 10.1. The fraction of sp³-hybridized carbons (Fsp3) is 1.00. The quantitative estimate of drug-likeness (QED) is 0.379. The summed E-state index contributed by atoms with van der Waals surface area (Å²) in [7, 11) is -4.51. The summed E-state index contributed by atoms with van der Waals surface area (Å²) in [5, 5.41) is 16.9. The molecule has 0 rings (SSSR count). The van der Waals surface area contributed by atoms with E-state index in [4.69, 9.17) is 20.0 Å². The molecule has 0 aromatic carbocycles. The second-order valence-electron chi connectivity index (χ2n) is 1.74. The van der Waals surface area contributed by atoms with Crippen molar-refractivity contribution in [3.05, 3.63) is 0 Å². The SMILES string of the molecule is C[C@H](O)C(O)P(=O)(O)O. The molecular weight excluding hydrogens is 147 g/mol. The van der Waals surface area contributed by atoms with Crippen molar-refractivity contribution in [2.75, 3.05) is 0 Å². The van der Waals surface area contributed by atoms with E-state index in [1.165, 1.54) is 0 Å². The van der Waals surface area contributed by atoms with Crippen molar-refractivity contribution in [1.29, 1.82) is 0 Å². The molecule has 9 heavy (non-hydrogen) atoms. The minimum absolute atomic E-state index is 1.10. The Kier molecular flexibility index (Phi) is 2.79. The molecule has 0 spiro atoms. The molecule has 0 saturated heterocycles. The molecule has 6 heteroatoms. The monoisotopic (exact) mass is 156 g/mol. The van der Waals surface area contributed by atoms with Crippen LogP contribution in [0.1, 0.15) is 6.92 Å². The van der Waals surface area contributed by atoms with Gasteiger partial charge in [-0.05, 0) is 6.92 Å². The topological polar surface area (TPSA) is 98.0 Å². The molecule has 0 radical (unpaired) electrons. The predicted molar refractivity (Wildman–Crippen MR) is 29.7 cm³/mol. The van der Waals surface area contributed by atoms with Crippen LogP contribution in [0, 0.1) is 0 Å². The Hall–Kier alpha value is 0.0700. The van der Waals surface area contributed by atoms with Gasteiger partial charge < -0.3 is 20.0 Å². The molecule has 5 nitrogen and oxygen atoms in total. The highest BCUT2D eigenvalue weighted by Gasteiger charge is 2.30. The van der Waals surface area contributed by atoms with Gasteiger partial charge in [0, 0.05) is 0 Å². The largest absolute Gasteiger partial charge is 0.390 e. The average molecular weight is 156 g/mol. The molecule has 56 valence electrons. The standard InChI is InChI=1S/C3H9O5P/c1-2(4)3(5)9(6,7)8/h2-5H,1H3,(H2,6,7,8)/t2-,3?/m0/s1. The zero-order valence-electron chi connectivity index (χ0n) is 4.80. The first kappa shape index (κ1) is 9.07. The summed E-state index contributed by atoms with van der Waals surface area (Å²) >= 11 is 0. The lowest BCUT2D eigenvalue weighted by atomic mass is 10.4. The highest BCUT2D eigenvalue weighted by Crippen LogP contribution is 2.40. The van der Waals surface area contributed by atoms with Gasteiger partial charge in [-0.2, -0.15) is 0 Å². The molecule has 0 aliphatic carbocycles. The average Bonchev–Trinajstić information content (AvgIpc) is 1.62. The molecular formula is C3H9O5P. The third-order valence-electron chi connectivity index (χ3n) is 0.776. The van der Waals surface area contributed by atoms with Crippen LogP contribution in [0.4, 0.5) is 0 Å². The second kappa shape index (κ2) is 2.77. The third-order valence-corrected chi connectivity index (χ3v) is 1.90. The van der Waals surface area contributed by atoms with Crippen molar-refractivity contribution >= 4 is 7.60 Å². The summed E-state index contributed by atoms with van der Waals surface area (Å²) in [6, 6.07) is 0. The van der Waals surface area contributed by atoms with Crippen LogP contribution < -0.4 is 0 Å². The lowest BCUT2D eigenvalue weighted by Gasteiger charge is -2.13. The number of aliphatic hydroxyl groups is 2. The maximum Gasteiger partial charge on any atom is 0.356 e. The van der Waals surface area contributed by atoms with Crippen molar-refractivity contribution in [3.8, 4) is 0 Å². The van der Waals surface area contributed by atoms with E-state index in [1.54, 1.807) is 0 Å². The van der Waals surface area contributed by atoms with Crippen LogP contribution in [0.15, 0.2) is 0 Å². The summed E-state index contributed by atoms with van der Waals surface area (Å²) in [5.41, 5.74) is 0. The first-order chi connectivity index (χ1) is 3.85. The van der Waals surface area contributed by atoms with Gasteiger partial charge >= 0.3 is 7.60 Å². The highest BCUT2D eigenvalue weighted by atomic mass is 31.2. The van der Waals surface area contributed by atoms with E-state index in [1.807, 2.05) is 0 Å². The van der Waals surface area contributed by atoms with Gasteiger partial charge in [0.05, 0.1) is 6.10 Å². The Labute approximate surface area is 52.1 Å². The zero-order chi connectivity index (χ0) is 7.65. The molecule has 0 saturated carbocycles. The van der Waals surface area contributed by atoms with E-state index in [-0.39, 0.29) is 0 Å². The Bertz CT molecular complexity index is 126. The molecule has 0 heterocycles. The van der Waals surface area contributed by atoms with E-state index in [0.717, 1.165) is 6.92 Å². The minimum atomic E-state index is -4.51. The molecule has 0 aliphatic heterocycles. The highest BCUT2D eigenvalue weighted by molar-refractivity contribution is 7.52. The number of hydrogen-bond acceptors (Lipinski definition) is 3. The molecule has 0 aromatic heterocycles. The Morgan fingerprint density at radius 3 is 1.67 bits per heavy atom. The molecule has 0 aliphatic rings. The van der Waals surface area contributed by atoms with Crippen molar-refractivity contribution < 1.29 is 24.6 Å². The van der Waals surface area contributed by atoms with Crippen molar-refractivity contribution in [3.63, 3.8) is 0 Å². The van der Waals surface area contributed by atoms with Gasteiger partial charge in [-0.15, -0.1) is 0 Å². The summed E-state index contributed by atoms with van der Waals surface area (Å²) in [5.74, 6) is -1.96. The van der Waals surface area contributed by atoms with Gasteiger partial charge in [-0.3, -0.25) is 4.57 Å². The zero-order valence-corrected chi connectivity index (χ0v) is 5.69. The van der Waals surface area contributed by atoms with E-state index in [2.05, 4.69) is 0 Å². The fourth-order valence-electron chi connectivity index (χ4n) is 0.281. The van der Waals surface area contributed by atoms with Crippen LogP contribution >= 0.6 is 7.60 Å². The Morgan fingerprint density at radius 1 is 1.33 bits per heavy atom. The van der Waals surface area contributed by atoms with E-state index >= 15 is 0 Å². The minimum Gasteiger partial charge on any atom is -0.390 e. The molecule has 2 atom stereocenters. The Morgan fingerprint density at radius 2 is 1.67 bits per heavy atom. The smallest absolute Gasteiger partial charge is 0.356 e. The summed E-state index contributed by atoms with van der Waals surface area (Å²) in [6.07, 6.45) is -1.40. The van der Waals surface area contributed by atoms with Crippen molar-refractivity contribution in [2.24, 2.45) is 0 Å². The van der Waals surface area contributed by atoms with E-state index in [0.29, 0.717) is 0 Å². The molecule has 4 N–H and O–H groups in total. The molecule has 1 unspecified atom stereocenters. The van der Waals surface area contributed by atoms with Gasteiger partial charge in [0.2, 0.25) is 0 Å². The molecule has 0 fully saturated rings. The first-order valence-corrected chi connectivity index (χ1v) is 3.95. The summed E-state index contributed by atoms with van der Waals surface area (Å²) in [4.78, 5) is 16.3. The summed E-state index contributed by atoms with van der Waals surface area (Å²) in [6.45, 7) is 1.10. The Balaban J connectivity index is 4.05. The first-order valence-electron chi connectivity index (χ1n) is 2.27. The predicted octanol–water partition coefficient (Wildman–Crippen LogP) is -1.14. The van der Waals surface area contributed by atoms with Gasteiger partial charge in [0.15, 0.2) is 5.85 Å². The van der Waals surface area contributed by atoms with Gasteiger partial charge in [0.25, 0.3) is 0 Å². The van der Waals surface area contributed by atoms with Gasteiger partial charge in [-0.1, -0.05) is 0 Å². The molecule has 0 bridgehead atoms. The maximum atomic E-state index is 10.1. The summed E-state index contributed by atoms with van der Waals surface area (Å²) < 4.78 is 10.1. The fourth-order valence-corrected chi connectivity index (χ4v) is 0.843. The van der Waals surface area contributed by atoms with Crippen LogP contribution in [0.5, 0.6) is 0 Å². The lowest BCUT2D eigenvalue weighted by Crippen LogP contribution is -2.21. The molecule has 0 amide bonds. The van der Waals surface area contributed by atoms with Crippen LogP contribution in [0.3, 0.4) is 0 Å². The number of aliphatic hydroxyl groups excluding tert-OH is 2. The van der Waals surface area contributed by atoms with Crippen molar-refractivity contribution in [1.82, 2.24) is 0 Å². The van der Waals surface area contributed by atoms with E-state index in [9.17, 15) is 4.57 Å². The van der Waals surface area contributed by atoms with Crippen LogP contribution in [0.2, 0.25) is 0 Å². The van der Waals surface area contributed by atoms with Crippen molar-refractivity contribution in [2.45, 2.75) is 18.9 Å². The second-order valence-corrected chi connectivity index (χ2v) is 3.45. The van der Waals surface area contributed by atoms with E-state index < -0.39 is 19.5 Å². The van der Waals surface area contributed by atoms with Gasteiger partial charge in [0.1, 0.15) is 0 Å². The normalized spacial score (nSPS) is 19.2. The lowest BCUT2D eigenvalue weighted by molar-refractivity contribution is 0.0641. The van der Waals surface area contributed by atoms with Crippen LogP contribution in [-0.4, -0.2) is 31.9 Å². The van der Waals surface area contributed by atoms with Crippen LogP contribution in [0.25, 0.3) is 0 Å².